The van der Waals surface area contributed by atoms with E-state index in [2.05, 4.69) is 5.16 Å². The molecule has 0 N–H and O–H groups in total. The largest absolute Gasteiger partial charge is 0.435 e. The molecule has 32 heavy (non-hydrogen) atoms. The van der Waals surface area contributed by atoms with E-state index in [9.17, 15) is 18.0 Å². The van der Waals surface area contributed by atoms with Crippen LogP contribution in [-0.2, 0) is 16.9 Å². The molecule has 8 heteroatoms. The number of rotatable bonds is 3. The number of fused-ring (bicyclic) bond motifs is 1. The molecule has 3 aromatic rings. The summed E-state index contributed by atoms with van der Waals surface area (Å²) in [5, 5.41) is 6.80. The second-order valence-corrected chi connectivity index (χ2v) is 8.69. The number of hydrogen-bond acceptors (Lipinski definition) is 4. The molecule has 0 saturated carbocycles. The summed E-state index contributed by atoms with van der Waals surface area (Å²) in [4.78, 5) is 19.9. The Kier molecular flexibility index (Phi) is 5.04. The average Bonchev–Trinajstić information content (AvgIpc) is 3.49. The summed E-state index contributed by atoms with van der Waals surface area (Å²) in [7, 11) is 0. The van der Waals surface area contributed by atoms with Crippen molar-refractivity contribution in [3.63, 3.8) is 0 Å². The lowest BCUT2D eigenvalue weighted by molar-refractivity contribution is -0.275. The minimum absolute atomic E-state index is 0.0457. The van der Waals surface area contributed by atoms with Gasteiger partial charge in [-0.2, -0.15) is 24.5 Å². The number of amides is 1. The number of halogens is 3. The summed E-state index contributed by atoms with van der Waals surface area (Å²) in [6, 6.07) is 15.8. The fourth-order valence-corrected chi connectivity index (χ4v) is 4.98. The Labute approximate surface area is 186 Å². The van der Waals surface area contributed by atoms with Gasteiger partial charge in [0.05, 0.1) is 5.71 Å². The highest BCUT2D eigenvalue weighted by Crippen LogP contribution is 2.49. The number of anilines is 1. The normalized spacial score (nSPS) is 20.5. The lowest BCUT2D eigenvalue weighted by Crippen LogP contribution is -2.42. The van der Waals surface area contributed by atoms with Crippen LogP contribution in [0, 0.1) is 0 Å². The van der Waals surface area contributed by atoms with Crippen LogP contribution in [0.4, 0.5) is 18.9 Å². The van der Waals surface area contributed by atoms with Crippen LogP contribution in [0.25, 0.3) is 0 Å². The van der Waals surface area contributed by atoms with Gasteiger partial charge in [-0.15, -0.1) is 0 Å². The Bertz CT molecular complexity index is 1170. The SMILES string of the molecule is O=C(c1ccc(C2=NOC(c3ccsc3)(C(F)(F)F)C2)cc1)N1CCCc2ccccc21. The zero-order valence-corrected chi connectivity index (χ0v) is 17.7. The van der Waals surface area contributed by atoms with Crippen LogP contribution in [0.5, 0.6) is 0 Å². The zero-order chi connectivity index (χ0) is 22.3. The number of para-hydroxylation sites is 1. The van der Waals surface area contributed by atoms with Crippen LogP contribution < -0.4 is 4.90 Å². The second-order valence-electron chi connectivity index (χ2n) is 7.91. The fraction of sp³-hybridized carbons (Fsp3) is 0.250. The van der Waals surface area contributed by atoms with Crippen molar-refractivity contribution in [3.05, 3.63) is 87.6 Å². The summed E-state index contributed by atoms with van der Waals surface area (Å²) in [6.45, 7) is 0.632. The van der Waals surface area contributed by atoms with Crippen molar-refractivity contribution in [1.82, 2.24) is 0 Å². The first-order valence-corrected chi connectivity index (χ1v) is 11.2. The topological polar surface area (TPSA) is 41.9 Å². The molecule has 2 aliphatic rings. The van der Waals surface area contributed by atoms with E-state index < -0.39 is 18.2 Å². The van der Waals surface area contributed by atoms with E-state index in [1.807, 2.05) is 24.3 Å². The van der Waals surface area contributed by atoms with Gasteiger partial charge in [0, 0.05) is 29.8 Å². The molecule has 0 fully saturated rings. The van der Waals surface area contributed by atoms with Gasteiger partial charge in [0.1, 0.15) is 0 Å². The molecule has 2 aliphatic heterocycles. The number of hydrogen-bond donors (Lipinski definition) is 0. The van der Waals surface area contributed by atoms with Gasteiger partial charge in [0.2, 0.25) is 0 Å². The van der Waals surface area contributed by atoms with Gasteiger partial charge in [-0.1, -0.05) is 35.5 Å². The van der Waals surface area contributed by atoms with Gasteiger partial charge < -0.3 is 9.74 Å². The van der Waals surface area contributed by atoms with Crippen molar-refractivity contribution >= 4 is 28.6 Å². The first kappa shape index (κ1) is 20.8. The quantitative estimate of drug-likeness (QED) is 0.491. The Morgan fingerprint density at radius 1 is 1.09 bits per heavy atom. The first-order valence-electron chi connectivity index (χ1n) is 10.2. The van der Waals surface area contributed by atoms with Gasteiger partial charge in [0.15, 0.2) is 0 Å². The first-order chi connectivity index (χ1) is 15.4. The highest BCUT2D eigenvalue weighted by molar-refractivity contribution is 7.08. The maximum atomic E-state index is 13.9. The maximum absolute atomic E-state index is 13.9. The predicted octanol–water partition coefficient (Wildman–Crippen LogP) is 5.92. The Hall–Kier alpha value is -3.13. The molecule has 0 spiro atoms. The van der Waals surface area contributed by atoms with Crippen LogP contribution in [-0.4, -0.2) is 24.3 Å². The second kappa shape index (κ2) is 7.78. The summed E-state index contributed by atoms with van der Waals surface area (Å²) < 4.78 is 41.8. The lowest BCUT2D eigenvalue weighted by atomic mass is 9.88. The third-order valence-corrected chi connectivity index (χ3v) is 6.68. The molecule has 3 heterocycles. The number of aryl methyl sites for hydroxylation is 1. The summed E-state index contributed by atoms with van der Waals surface area (Å²) in [5.41, 5.74) is 0.797. The van der Waals surface area contributed by atoms with Crippen molar-refractivity contribution in [2.45, 2.75) is 31.0 Å². The Balaban J connectivity index is 1.38. The van der Waals surface area contributed by atoms with E-state index in [-0.39, 0.29) is 17.2 Å². The van der Waals surface area contributed by atoms with Crippen LogP contribution in [0.15, 0.2) is 70.5 Å². The van der Waals surface area contributed by atoms with Gasteiger partial charge >= 0.3 is 6.18 Å². The third kappa shape index (κ3) is 3.39. The Morgan fingerprint density at radius 3 is 2.59 bits per heavy atom. The van der Waals surface area contributed by atoms with Gasteiger partial charge in [-0.25, -0.2) is 0 Å². The van der Waals surface area contributed by atoms with E-state index in [0.29, 0.717) is 17.7 Å². The number of nitrogens with zero attached hydrogens (tertiary/aromatic N) is 2. The van der Waals surface area contributed by atoms with Crippen LogP contribution >= 0.6 is 11.3 Å². The molecule has 164 valence electrons. The standard InChI is InChI=1S/C24H19F3N2O2S/c25-24(26,27)23(19-11-13-32-15-19)14-20(28-31-23)16-7-9-18(10-8-16)22(30)29-12-3-5-17-4-1-2-6-21(17)29/h1-2,4,6-11,13,15H,3,5,12,14H2. The van der Waals surface area contributed by atoms with Crippen molar-refractivity contribution in [3.8, 4) is 0 Å². The smallest absolute Gasteiger partial charge is 0.374 e. The van der Waals surface area contributed by atoms with Crippen molar-refractivity contribution in [1.29, 1.82) is 0 Å². The number of oxime groups is 1. The van der Waals surface area contributed by atoms with Crippen LogP contribution in [0.2, 0.25) is 0 Å². The predicted molar refractivity (Wildman–Crippen MR) is 117 cm³/mol. The summed E-state index contributed by atoms with van der Waals surface area (Å²) in [5.74, 6) is -0.128. The molecule has 0 bridgehead atoms. The van der Waals surface area contributed by atoms with E-state index in [0.717, 1.165) is 24.1 Å². The molecule has 4 nitrogen and oxygen atoms in total. The van der Waals surface area contributed by atoms with Crippen LogP contribution in [0.3, 0.4) is 0 Å². The zero-order valence-electron chi connectivity index (χ0n) is 16.9. The molecule has 1 aromatic heterocycles. The molecule has 1 amide bonds. The minimum Gasteiger partial charge on any atom is -0.374 e. The van der Waals surface area contributed by atoms with Crippen molar-refractivity contribution in [2.24, 2.45) is 5.16 Å². The molecule has 0 radical (unpaired) electrons. The molecule has 1 atom stereocenters. The number of thiophene rings is 1. The molecule has 2 aromatic carbocycles. The minimum atomic E-state index is -4.61. The van der Waals surface area contributed by atoms with E-state index in [1.165, 1.54) is 22.8 Å². The van der Waals surface area contributed by atoms with Gasteiger partial charge in [-0.3, -0.25) is 4.79 Å². The highest BCUT2D eigenvalue weighted by atomic mass is 32.1. The third-order valence-electron chi connectivity index (χ3n) is 5.99. The molecule has 5 rings (SSSR count). The summed E-state index contributed by atoms with van der Waals surface area (Å²) in [6.07, 6.45) is -3.21. The van der Waals surface area contributed by atoms with Crippen molar-refractivity contribution in [2.75, 3.05) is 11.4 Å². The average molecular weight is 456 g/mol. The number of carbonyl (C=O) groups is 1. The van der Waals surface area contributed by atoms with Gasteiger partial charge in [-0.05, 0) is 59.0 Å². The number of benzene rings is 2. The molecule has 0 aliphatic carbocycles. The van der Waals surface area contributed by atoms with Crippen LogP contribution in [0.1, 0.15) is 39.9 Å². The molecule has 0 saturated heterocycles. The van der Waals surface area contributed by atoms with E-state index in [1.54, 1.807) is 34.5 Å². The van der Waals surface area contributed by atoms with E-state index >= 15 is 0 Å². The molecular formula is C24H19F3N2O2S. The molecule has 1 unspecified atom stereocenters. The lowest BCUT2D eigenvalue weighted by Gasteiger charge is -2.29. The highest BCUT2D eigenvalue weighted by Gasteiger charge is 2.62. The number of carbonyl (C=O) groups excluding carboxylic acids is 1. The Morgan fingerprint density at radius 2 is 1.88 bits per heavy atom. The maximum Gasteiger partial charge on any atom is 0.435 e. The van der Waals surface area contributed by atoms with Crippen molar-refractivity contribution < 1.29 is 22.8 Å². The number of alkyl halides is 3. The monoisotopic (exact) mass is 456 g/mol. The van der Waals surface area contributed by atoms with Gasteiger partial charge in [0.25, 0.3) is 11.5 Å². The fourth-order valence-electron chi connectivity index (χ4n) is 4.26. The molecular weight excluding hydrogens is 437 g/mol. The van der Waals surface area contributed by atoms with E-state index in [4.69, 9.17) is 4.84 Å². The summed E-state index contributed by atoms with van der Waals surface area (Å²) >= 11 is 1.18.